The summed E-state index contributed by atoms with van der Waals surface area (Å²) >= 11 is 0. The number of unbranched alkanes of at least 4 members (excludes halogenated alkanes) is 11. The minimum absolute atomic E-state index is 0.187. The molecule has 0 spiro atoms. The minimum atomic E-state index is -3.13. The average molecular weight is 393 g/mol. The molecule has 1 atom stereocenters. The molecule has 0 aromatic rings. The van der Waals surface area contributed by atoms with Crippen LogP contribution in [0, 0.1) is 5.41 Å². The van der Waals surface area contributed by atoms with Gasteiger partial charge in [-0.1, -0.05) is 123 Å². The molecule has 3 N–H and O–H groups in total. The fraction of sp³-hybridized carbons (Fsp3) is 1.00. The molecule has 0 fully saturated rings. The quantitative estimate of drug-likeness (QED) is 0.153. The van der Waals surface area contributed by atoms with Crippen LogP contribution in [0.1, 0.15) is 147 Å². The molecule has 0 amide bonds. The van der Waals surface area contributed by atoms with E-state index in [0.717, 1.165) is 57.8 Å². The number of aliphatic hydroxyl groups is 3. The molecule has 3 heteroatoms. The van der Waals surface area contributed by atoms with E-state index in [4.69, 9.17) is 4.11 Å². The van der Waals surface area contributed by atoms with Crippen molar-refractivity contribution in [3.8, 4) is 0 Å². The van der Waals surface area contributed by atoms with Crippen molar-refractivity contribution in [2.45, 2.75) is 149 Å². The molecule has 0 saturated heterocycles. The highest BCUT2D eigenvalue weighted by molar-refractivity contribution is 4.86. The van der Waals surface area contributed by atoms with Crippen LogP contribution in [0.25, 0.3) is 0 Å². The Hall–Kier alpha value is -0.120. The summed E-state index contributed by atoms with van der Waals surface area (Å²) in [4.78, 5) is 0. The molecule has 0 radical (unpaired) electrons. The van der Waals surface area contributed by atoms with Gasteiger partial charge in [0.1, 0.15) is 0 Å². The SMILES string of the molecule is [3H]C(CCCC)C([3H])([3H])C(CCCCCCCC)(CCCCCCCC)C(O)(O)O. The van der Waals surface area contributed by atoms with Gasteiger partial charge in [0.15, 0.2) is 0 Å². The van der Waals surface area contributed by atoms with Crippen molar-refractivity contribution in [3.63, 3.8) is 0 Å². The number of rotatable bonds is 20. The van der Waals surface area contributed by atoms with Gasteiger partial charge in [-0.3, -0.25) is 0 Å². The zero-order valence-corrected chi connectivity index (χ0v) is 18.4. The van der Waals surface area contributed by atoms with Crippen molar-refractivity contribution in [3.05, 3.63) is 0 Å². The van der Waals surface area contributed by atoms with E-state index in [9.17, 15) is 15.3 Å². The summed E-state index contributed by atoms with van der Waals surface area (Å²) in [5, 5.41) is 31.2. The van der Waals surface area contributed by atoms with Crippen LogP contribution in [0.15, 0.2) is 0 Å². The monoisotopic (exact) mass is 392 g/mol. The van der Waals surface area contributed by atoms with Crippen molar-refractivity contribution in [1.82, 2.24) is 0 Å². The second-order valence-corrected chi connectivity index (χ2v) is 8.24. The van der Waals surface area contributed by atoms with Crippen molar-refractivity contribution in [1.29, 1.82) is 0 Å². The van der Waals surface area contributed by atoms with Gasteiger partial charge in [-0.2, -0.15) is 0 Å². The molecule has 0 bridgehead atoms. The Labute approximate surface area is 174 Å². The van der Waals surface area contributed by atoms with E-state index in [1.54, 1.807) is 0 Å². The van der Waals surface area contributed by atoms with E-state index < -0.39 is 24.2 Å². The Morgan fingerprint density at radius 1 is 0.556 bits per heavy atom. The predicted octanol–water partition coefficient (Wildman–Crippen LogP) is 7.08. The first-order valence-electron chi connectivity index (χ1n) is 13.3. The molecule has 0 aliphatic rings. The molecule has 0 saturated carbocycles. The first-order valence-corrected chi connectivity index (χ1v) is 11.7. The molecular formula is C24H50O3. The molecule has 0 aromatic carbocycles. The Morgan fingerprint density at radius 2 is 0.926 bits per heavy atom. The molecule has 0 aliphatic heterocycles. The molecule has 0 heterocycles. The van der Waals surface area contributed by atoms with E-state index in [2.05, 4.69) is 13.8 Å². The zero-order valence-electron chi connectivity index (χ0n) is 21.4. The lowest BCUT2D eigenvalue weighted by molar-refractivity contribution is -0.380. The summed E-state index contributed by atoms with van der Waals surface area (Å²) in [7, 11) is 0. The first-order chi connectivity index (χ1) is 14.1. The van der Waals surface area contributed by atoms with Crippen LogP contribution in [-0.4, -0.2) is 21.3 Å². The van der Waals surface area contributed by atoms with Gasteiger partial charge in [0.05, 0.1) is 5.41 Å². The van der Waals surface area contributed by atoms with Crippen LogP contribution in [0.4, 0.5) is 0 Å². The minimum Gasteiger partial charge on any atom is -0.343 e. The highest BCUT2D eigenvalue weighted by atomic mass is 16.7. The average Bonchev–Trinajstić information content (AvgIpc) is 2.68. The van der Waals surface area contributed by atoms with Crippen LogP contribution < -0.4 is 0 Å². The highest BCUT2D eigenvalue weighted by Gasteiger charge is 2.46. The van der Waals surface area contributed by atoms with Gasteiger partial charge in [0.2, 0.25) is 0 Å². The van der Waals surface area contributed by atoms with Crippen LogP contribution in [0.2, 0.25) is 0 Å². The van der Waals surface area contributed by atoms with E-state index in [0.29, 0.717) is 25.7 Å². The molecule has 0 aliphatic carbocycles. The predicted molar refractivity (Wildman–Crippen MR) is 117 cm³/mol. The van der Waals surface area contributed by atoms with E-state index in [-0.39, 0.29) is 12.8 Å². The van der Waals surface area contributed by atoms with Crippen LogP contribution >= 0.6 is 0 Å². The van der Waals surface area contributed by atoms with Crippen molar-refractivity contribution in [2.24, 2.45) is 5.41 Å². The largest absolute Gasteiger partial charge is 0.343 e. The second kappa shape index (κ2) is 16.8. The van der Waals surface area contributed by atoms with Crippen molar-refractivity contribution >= 4 is 0 Å². The third-order valence-electron chi connectivity index (χ3n) is 5.64. The molecule has 1 unspecified atom stereocenters. The summed E-state index contributed by atoms with van der Waals surface area (Å²) in [6, 6.07) is 0. The highest BCUT2D eigenvalue weighted by Crippen LogP contribution is 2.44. The molecule has 0 aromatic heterocycles. The maximum Gasteiger partial charge on any atom is 0.281 e. The Kier molecular flexibility index (Phi) is 13.4. The van der Waals surface area contributed by atoms with Gasteiger partial charge in [0, 0.05) is 4.11 Å². The summed E-state index contributed by atoms with van der Waals surface area (Å²) in [6.45, 7) is 6.31. The lowest BCUT2D eigenvalue weighted by Gasteiger charge is -2.41. The third kappa shape index (κ3) is 12.9. The van der Waals surface area contributed by atoms with Gasteiger partial charge in [-0.25, -0.2) is 0 Å². The third-order valence-corrected chi connectivity index (χ3v) is 5.64. The van der Waals surface area contributed by atoms with Gasteiger partial charge >= 0.3 is 0 Å². The molecular weight excluding hydrogens is 336 g/mol. The van der Waals surface area contributed by atoms with Gasteiger partial charge in [0.25, 0.3) is 5.97 Å². The van der Waals surface area contributed by atoms with Gasteiger partial charge < -0.3 is 15.3 Å². The first kappa shape index (κ1) is 21.6. The standard InChI is InChI=1S/C24H50O3/c1-4-7-10-13-15-18-21-23(24(25,26)27,20-17-12-9-6-3)22-19-16-14-11-8-5-2/h25-27H,4-22H2,1-3H3/i17T,20T2. The fourth-order valence-corrected chi connectivity index (χ4v) is 3.69. The Morgan fingerprint density at radius 3 is 1.33 bits per heavy atom. The van der Waals surface area contributed by atoms with Crippen molar-refractivity contribution in [2.75, 3.05) is 0 Å². The van der Waals surface area contributed by atoms with E-state index in [1.807, 2.05) is 6.92 Å². The summed E-state index contributed by atoms with van der Waals surface area (Å²) < 4.78 is 26.0. The van der Waals surface area contributed by atoms with Crippen LogP contribution in [0.3, 0.4) is 0 Å². The lowest BCUT2D eigenvalue weighted by Crippen LogP contribution is -2.48. The molecule has 0 rings (SSSR count). The summed E-state index contributed by atoms with van der Waals surface area (Å²) in [5.41, 5.74) is -1.74. The summed E-state index contributed by atoms with van der Waals surface area (Å²) in [6.07, 6.45) is 11.0. The number of hydrogen-bond donors (Lipinski definition) is 3. The lowest BCUT2D eigenvalue weighted by atomic mass is 9.71. The second-order valence-electron chi connectivity index (χ2n) is 8.24. The van der Waals surface area contributed by atoms with E-state index in [1.165, 1.54) is 12.8 Å². The molecule has 164 valence electrons. The Balaban J connectivity index is 5.39. The van der Waals surface area contributed by atoms with E-state index >= 15 is 0 Å². The maximum atomic E-state index is 10.4. The van der Waals surface area contributed by atoms with Gasteiger partial charge in [-0.05, 0) is 19.2 Å². The van der Waals surface area contributed by atoms with Crippen LogP contribution in [-0.2, 0) is 0 Å². The smallest absolute Gasteiger partial charge is 0.281 e. The number of hydrogen-bond acceptors (Lipinski definition) is 3. The van der Waals surface area contributed by atoms with Gasteiger partial charge in [-0.15, -0.1) is 0 Å². The Bertz CT molecular complexity index is 395. The normalized spacial score (nSPS) is 16.0. The maximum absolute atomic E-state index is 10.4. The topological polar surface area (TPSA) is 60.7 Å². The van der Waals surface area contributed by atoms with Crippen LogP contribution in [0.5, 0.6) is 0 Å². The molecule has 27 heavy (non-hydrogen) atoms. The summed E-state index contributed by atoms with van der Waals surface area (Å²) in [5.74, 6) is -3.13. The fourth-order valence-electron chi connectivity index (χ4n) is 3.69. The molecule has 3 nitrogen and oxygen atoms in total. The zero-order chi connectivity index (χ0) is 23.1. The van der Waals surface area contributed by atoms with Crippen molar-refractivity contribution < 1.29 is 19.4 Å².